The van der Waals surface area contributed by atoms with Gasteiger partial charge in [-0.1, -0.05) is 30.3 Å². The number of methoxy groups -OCH3 is 1. The van der Waals surface area contributed by atoms with Crippen LogP contribution in [-0.4, -0.2) is 31.8 Å². The number of benzene rings is 3. The number of carbonyl (C=O) groups is 1. The summed E-state index contributed by atoms with van der Waals surface area (Å²) < 4.78 is 33.6. The summed E-state index contributed by atoms with van der Waals surface area (Å²) in [6, 6.07) is 18.8. The van der Waals surface area contributed by atoms with Crippen LogP contribution in [0.2, 0.25) is 0 Å². The molecule has 1 aliphatic rings. The second-order valence-corrected chi connectivity index (χ2v) is 9.97. The van der Waals surface area contributed by atoms with E-state index in [1.54, 1.807) is 12.1 Å². The van der Waals surface area contributed by atoms with Crippen LogP contribution >= 0.6 is 0 Å². The number of ether oxygens (including phenoxy) is 1. The molecule has 32 heavy (non-hydrogen) atoms. The van der Waals surface area contributed by atoms with Crippen LogP contribution in [0.5, 0.6) is 5.75 Å². The van der Waals surface area contributed by atoms with Crippen molar-refractivity contribution in [2.45, 2.75) is 37.8 Å². The van der Waals surface area contributed by atoms with E-state index in [0.717, 1.165) is 22.3 Å². The smallest absolute Gasteiger partial charge is 0.244 e. The number of anilines is 1. The van der Waals surface area contributed by atoms with Crippen LogP contribution in [0.1, 0.15) is 22.3 Å². The number of hydrogen-bond donors (Lipinski definition) is 1. The maximum Gasteiger partial charge on any atom is 0.244 e. The topological polar surface area (TPSA) is 75.7 Å². The summed E-state index contributed by atoms with van der Waals surface area (Å²) in [5.41, 5.74) is 4.59. The van der Waals surface area contributed by atoms with E-state index in [4.69, 9.17) is 4.74 Å². The number of sulfonamides is 1. The van der Waals surface area contributed by atoms with Gasteiger partial charge in [-0.3, -0.25) is 4.79 Å². The Morgan fingerprint density at radius 1 is 0.969 bits per heavy atom. The fourth-order valence-electron chi connectivity index (χ4n) is 4.13. The third-order valence-electron chi connectivity index (χ3n) is 5.66. The summed E-state index contributed by atoms with van der Waals surface area (Å²) in [4.78, 5) is 13.5. The maximum atomic E-state index is 13.6. The maximum absolute atomic E-state index is 13.6. The van der Waals surface area contributed by atoms with Gasteiger partial charge in [0.05, 0.1) is 12.0 Å². The van der Waals surface area contributed by atoms with Gasteiger partial charge in [0.25, 0.3) is 0 Å². The first-order valence-corrected chi connectivity index (χ1v) is 11.8. The molecule has 7 heteroatoms. The van der Waals surface area contributed by atoms with Crippen LogP contribution in [-0.2, 0) is 27.8 Å². The Hall–Kier alpha value is -3.16. The molecule has 1 amide bonds. The molecule has 0 saturated heterocycles. The van der Waals surface area contributed by atoms with E-state index in [9.17, 15) is 13.2 Å². The van der Waals surface area contributed by atoms with Gasteiger partial charge in [-0.2, -0.15) is 4.31 Å². The lowest BCUT2D eigenvalue weighted by molar-refractivity contribution is -0.120. The Labute approximate surface area is 188 Å². The highest BCUT2D eigenvalue weighted by Crippen LogP contribution is 2.30. The van der Waals surface area contributed by atoms with Crippen LogP contribution in [0.25, 0.3) is 0 Å². The first-order chi connectivity index (χ1) is 15.3. The molecule has 166 valence electrons. The minimum Gasteiger partial charge on any atom is -0.497 e. The Morgan fingerprint density at radius 2 is 1.59 bits per heavy atom. The molecule has 1 heterocycles. The summed E-state index contributed by atoms with van der Waals surface area (Å²) >= 11 is 0. The van der Waals surface area contributed by atoms with Crippen LogP contribution in [0.15, 0.2) is 71.6 Å². The number of fused-ring (bicyclic) bond motifs is 1. The van der Waals surface area contributed by atoms with Crippen molar-refractivity contribution in [2.24, 2.45) is 0 Å². The highest BCUT2D eigenvalue weighted by Gasteiger charge is 2.39. The summed E-state index contributed by atoms with van der Waals surface area (Å²) in [6.45, 7) is 4.05. The monoisotopic (exact) mass is 450 g/mol. The summed E-state index contributed by atoms with van der Waals surface area (Å²) in [5.74, 6) is 0.221. The van der Waals surface area contributed by atoms with Crippen molar-refractivity contribution in [2.75, 3.05) is 12.4 Å². The zero-order valence-electron chi connectivity index (χ0n) is 18.3. The van der Waals surface area contributed by atoms with Crippen molar-refractivity contribution in [1.29, 1.82) is 0 Å². The van der Waals surface area contributed by atoms with Crippen LogP contribution in [0.4, 0.5) is 5.69 Å². The van der Waals surface area contributed by atoms with Crippen LogP contribution < -0.4 is 10.1 Å². The Kier molecular flexibility index (Phi) is 6.04. The highest BCUT2D eigenvalue weighted by atomic mass is 32.2. The third kappa shape index (κ3) is 4.40. The molecular formula is C25H26N2O4S. The lowest BCUT2D eigenvalue weighted by Gasteiger charge is -2.35. The average molecular weight is 451 g/mol. The van der Waals surface area contributed by atoms with Gasteiger partial charge in [0.15, 0.2) is 0 Å². The van der Waals surface area contributed by atoms with Crippen molar-refractivity contribution < 1.29 is 17.9 Å². The van der Waals surface area contributed by atoms with Gasteiger partial charge in [-0.25, -0.2) is 8.42 Å². The Morgan fingerprint density at radius 3 is 2.22 bits per heavy atom. The van der Waals surface area contributed by atoms with Gasteiger partial charge < -0.3 is 10.1 Å². The van der Waals surface area contributed by atoms with Gasteiger partial charge in [0.2, 0.25) is 15.9 Å². The lowest BCUT2D eigenvalue weighted by atomic mass is 9.95. The molecule has 1 atom stereocenters. The zero-order valence-corrected chi connectivity index (χ0v) is 19.1. The Bertz CT molecular complexity index is 1230. The normalized spacial score (nSPS) is 16.3. The molecule has 0 fully saturated rings. The van der Waals surface area contributed by atoms with E-state index < -0.39 is 16.1 Å². The fraction of sp³-hybridized carbons (Fsp3) is 0.240. The number of hydrogen-bond acceptors (Lipinski definition) is 4. The van der Waals surface area contributed by atoms with Crippen molar-refractivity contribution in [3.63, 3.8) is 0 Å². The molecule has 0 saturated carbocycles. The van der Waals surface area contributed by atoms with Crippen molar-refractivity contribution in [3.8, 4) is 5.75 Å². The predicted molar refractivity (Wildman–Crippen MR) is 124 cm³/mol. The number of rotatable bonds is 5. The highest BCUT2D eigenvalue weighted by molar-refractivity contribution is 7.89. The van der Waals surface area contributed by atoms with Crippen LogP contribution in [0, 0.1) is 13.8 Å². The number of nitrogens with zero attached hydrogens (tertiary/aromatic N) is 1. The molecule has 0 aromatic heterocycles. The van der Waals surface area contributed by atoms with Gasteiger partial charge in [-0.05, 0) is 78.9 Å². The lowest BCUT2D eigenvalue weighted by Crippen LogP contribution is -2.50. The molecule has 0 bridgehead atoms. The van der Waals surface area contributed by atoms with Crippen molar-refractivity contribution in [1.82, 2.24) is 4.31 Å². The third-order valence-corrected chi connectivity index (χ3v) is 7.53. The molecule has 0 unspecified atom stereocenters. The molecule has 6 nitrogen and oxygen atoms in total. The number of carbonyl (C=O) groups excluding carboxylic acids is 1. The second kappa shape index (κ2) is 8.76. The van der Waals surface area contributed by atoms with Crippen molar-refractivity contribution >= 4 is 21.6 Å². The standard InChI is InChI=1S/C25H26N2O4S/c1-17-12-18(2)14-21(13-17)26-25(28)24-15-19-6-4-5-7-20(19)16-27(24)32(29,30)23-10-8-22(31-3)9-11-23/h4-14,24H,15-16H2,1-3H3,(H,26,28)/t24-/m0/s1. The second-order valence-electron chi connectivity index (χ2n) is 8.08. The minimum atomic E-state index is -3.92. The van der Waals surface area contributed by atoms with Crippen molar-refractivity contribution in [3.05, 3.63) is 89.0 Å². The molecule has 3 aromatic rings. The van der Waals surface area contributed by atoms with E-state index in [-0.39, 0.29) is 17.3 Å². The molecular weight excluding hydrogens is 424 g/mol. The van der Waals surface area contributed by atoms with E-state index in [0.29, 0.717) is 17.9 Å². The molecule has 0 radical (unpaired) electrons. The van der Waals surface area contributed by atoms with Gasteiger partial charge >= 0.3 is 0 Å². The minimum absolute atomic E-state index is 0.127. The number of amides is 1. The summed E-state index contributed by atoms with van der Waals surface area (Å²) in [6.07, 6.45) is 0.308. The largest absolute Gasteiger partial charge is 0.497 e. The summed E-state index contributed by atoms with van der Waals surface area (Å²) in [7, 11) is -2.39. The zero-order chi connectivity index (χ0) is 22.9. The number of nitrogens with one attached hydrogen (secondary N) is 1. The SMILES string of the molecule is COc1ccc(S(=O)(=O)N2Cc3ccccc3C[C@H]2C(=O)Nc2cc(C)cc(C)c2)cc1. The molecule has 1 aliphatic heterocycles. The van der Waals surface area contributed by atoms with Crippen LogP contribution in [0.3, 0.4) is 0 Å². The molecule has 4 rings (SSSR count). The summed E-state index contributed by atoms with van der Waals surface area (Å²) in [5, 5.41) is 2.93. The van der Waals surface area contributed by atoms with E-state index in [2.05, 4.69) is 5.32 Å². The average Bonchev–Trinajstić information content (AvgIpc) is 2.77. The Balaban J connectivity index is 1.71. The quantitative estimate of drug-likeness (QED) is 0.636. The molecule has 0 spiro atoms. The molecule has 0 aliphatic carbocycles. The van der Waals surface area contributed by atoms with Gasteiger partial charge in [0, 0.05) is 12.2 Å². The van der Waals surface area contributed by atoms with E-state index >= 15 is 0 Å². The first-order valence-electron chi connectivity index (χ1n) is 10.4. The predicted octanol–water partition coefficient (Wildman–Crippen LogP) is 4.07. The van der Waals surface area contributed by atoms with E-state index in [1.807, 2.05) is 56.3 Å². The number of aryl methyl sites for hydroxylation is 2. The molecule has 3 aromatic carbocycles. The van der Waals surface area contributed by atoms with Gasteiger partial charge in [-0.15, -0.1) is 0 Å². The fourth-order valence-corrected chi connectivity index (χ4v) is 5.70. The first kappa shape index (κ1) is 22.0. The van der Waals surface area contributed by atoms with E-state index in [1.165, 1.54) is 23.5 Å². The van der Waals surface area contributed by atoms with Gasteiger partial charge in [0.1, 0.15) is 11.8 Å². The molecule has 1 N–H and O–H groups in total.